The van der Waals surface area contributed by atoms with Crippen LogP contribution in [0.25, 0.3) is 11.1 Å². The van der Waals surface area contributed by atoms with E-state index in [4.69, 9.17) is 28.4 Å². The molecule has 1 saturated heterocycles. The minimum atomic E-state index is -2.37. The van der Waals surface area contributed by atoms with Crippen molar-refractivity contribution in [2.45, 2.75) is 47.8 Å². The number of aliphatic carboxylic acids is 1. The maximum absolute atomic E-state index is 12.3. The van der Waals surface area contributed by atoms with Crippen molar-refractivity contribution in [3.63, 3.8) is 0 Å². The molecule has 8 atom stereocenters. The molecule has 3 aromatic carbocycles. The Balaban J connectivity index is 1.32. The number of carboxylic acids is 1. The molecule has 0 radical (unpaired) electrons. The number of phenolic OH excluding ortho intramolecular Hbond substituents is 1. The number of hydrogen-bond acceptors (Lipinski definition) is 12. The fourth-order valence-electron chi connectivity index (χ4n) is 7.19. The number of aliphatic hydroxyl groups excluding tert-OH is 3. The van der Waals surface area contributed by atoms with Crippen molar-refractivity contribution >= 4 is 11.7 Å². The quantitative estimate of drug-likeness (QED) is 0.233. The summed E-state index contributed by atoms with van der Waals surface area (Å²) in [6.07, 6.45) is -3.72. The summed E-state index contributed by atoms with van der Waals surface area (Å²) in [6, 6.07) is 11.0. The van der Waals surface area contributed by atoms with Crippen LogP contribution in [-0.2, 0) is 9.53 Å². The number of hydrogen-bond donors (Lipinski definition) is 6. The Bertz CT molecular complexity index is 1790. The van der Waals surface area contributed by atoms with E-state index < -0.39 is 47.8 Å². The van der Waals surface area contributed by atoms with Gasteiger partial charge < -0.3 is 59.3 Å². The number of ether oxygens (including phenoxy) is 6. The van der Waals surface area contributed by atoms with Gasteiger partial charge in [-0.25, -0.2) is 4.79 Å². The number of aromatic hydroxyl groups is 1. The first-order chi connectivity index (χ1) is 21.6. The van der Waals surface area contributed by atoms with E-state index in [0.29, 0.717) is 45.4 Å². The fourth-order valence-corrected chi connectivity index (χ4v) is 7.19. The Morgan fingerprint density at radius 1 is 1.04 bits per heavy atom. The number of nitrogens with one attached hydrogen (secondary N) is 1. The van der Waals surface area contributed by atoms with Gasteiger partial charge >= 0.3 is 5.97 Å². The summed E-state index contributed by atoms with van der Waals surface area (Å²) in [6.45, 7) is 0.218. The molecule has 0 aromatic heterocycles. The summed E-state index contributed by atoms with van der Waals surface area (Å²) in [7, 11) is 3.08. The van der Waals surface area contributed by atoms with Gasteiger partial charge in [-0.15, -0.1) is 0 Å². The lowest BCUT2D eigenvalue weighted by Gasteiger charge is -2.57. The molecular formula is C32H29NO12. The summed E-state index contributed by atoms with van der Waals surface area (Å²) in [5, 5.41) is 56.4. The Morgan fingerprint density at radius 2 is 1.87 bits per heavy atom. The molecular weight excluding hydrogens is 590 g/mol. The Hall–Kier alpha value is -4.69. The summed E-state index contributed by atoms with van der Waals surface area (Å²) in [5.74, 6) is -1.93. The van der Waals surface area contributed by atoms with E-state index in [1.54, 1.807) is 31.4 Å². The molecule has 1 fully saturated rings. The molecule has 45 heavy (non-hydrogen) atoms. The van der Waals surface area contributed by atoms with Crippen molar-refractivity contribution in [1.82, 2.24) is 0 Å². The lowest BCUT2D eigenvalue weighted by Crippen LogP contribution is -2.79. The number of fused-ring (bicyclic) bond motifs is 8. The number of rotatable bonds is 4. The third-order valence-corrected chi connectivity index (χ3v) is 9.37. The second kappa shape index (κ2) is 9.41. The van der Waals surface area contributed by atoms with Gasteiger partial charge in [-0.2, -0.15) is 0 Å². The molecule has 2 bridgehead atoms. The molecule has 1 spiro atoms. The van der Waals surface area contributed by atoms with Crippen LogP contribution in [-0.4, -0.2) is 88.1 Å². The fraction of sp³-hybridized carbons (Fsp3) is 0.344. The van der Waals surface area contributed by atoms with Crippen molar-refractivity contribution in [3.8, 4) is 45.6 Å². The molecule has 0 unspecified atom stereocenters. The highest BCUT2D eigenvalue weighted by atomic mass is 16.7. The average Bonchev–Trinajstić information content (AvgIpc) is 3.43. The molecule has 3 aromatic rings. The maximum Gasteiger partial charge on any atom is 0.343 e. The normalized spacial score (nSPS) is 33.0. The van der Waals surface area contributed by atoms with Crippen LogP contribution in [0, 0.1) is 0 Å². The highest BCUT2D eigenvalue weighted by molar-refractivity contribution is 5.85. The van der Waals surface area contributed by atoms with Crippen LogP contribution in [0.1, 0.15) is 23.1 Å². The second-order valence-electron chi connectivity index (χ2n) is 11.7. The number of anilines is 1. The first-order valence-corrected chi connectivity index (χ1v) is 14.3. The van der Waals surface area contributed by atoms with Gasteiger partial charge in [0.15, 0.2) is 29.1 Å². The molecule has 0 aliphatic carbocycles. The van der Waals surface area contributed by atoms with Gasteiger partial charge in [-0.05, 0) is 41.5 Å². The Labute approximate surface area is 255 Å². The van der Waals surface area contributed by atoms with Crippen LogP contribution < -0.4 is 29.0 Å². The SMILES string of the molecule is COc1ccc2c(c1OC)O[C@H]1c3c(-c4cccc(O)c4)cc4c(c3OC[C@@H]21)N[C@@H]1C=C[C@]2(C(=O)O)O[C@@]1(O4)[C@H](O)[C@@H](O)[C@@H]2O. The average molecular weight is 620 g/mol. The molecule has 0 amide bonds. The summed E-state index contributed by atoms with van der Waals surface area (Å²) >= 11 is 0. The van der Waals surface area contributed by atoms with Crippen LogP contribution in [0.15, 0.2) is 54.6 Å². The highest BCUT2D eigenvalue weighted by Gasteiger charge is 2.70. The molecule has 0 saturated carbocycles. The smallest absolute Gasteiger partial charge is 0.343 e. The Kier molecular flexibility index (Phi) is 5.82. The van der Waals surface area contributed by atoms with Crippen LogP contribution in [0.5, 0.6) is 34.5 Å². The van der Waals surface area contributed by atoms with E-state index in [2.05, 4.69) is 5.32 Å². The standard InChI is InChI=1S/C32H29NO12/c1-40-18-7-6-15-17-12-42-27-21(24(17)43-25(15)26(18)41-2)16(13-4-3-5-14(34)10-13)11-19-22(27)33-20-8-9-31(30(38)39)28(36)23(35)29(37)32(20,44-19)45-31/h3-11,17,20,23-24,28-29,33-37H,12H2,1-2H3,(H,38,39)/t17-,20+,23-,24+,28-,29+,31-,32+/m0/s1. The minimum Gasteiger partial charge on any atom is -0.508 e. The summed E-state index contributed by atoms with van der Waals surface area (Å²) in [5.41, 5.74) is 0.693. The van der Waals surface area contributed by atoms with E-state index in [0.717, 1.165) is 11.6 Å². The van der Waals surface area contributed by atoms with E-state index >= 15 is 0 Å². The zero-order valence-electron chi connectivity index (χ0n) is 24.0. The summed E-state index contributed by atoms with van der Waals surface area (Å²) < 4.78 is 36.5. The number of carbonyl (C=O) groups is 1. The van der Waals surface area contributed by atoms with Gasteiger partial charge in [-0.1, -0.05) is 24.3 Å². The topological polar surface area (TPSA) is 186 Å². The van der Waals surface area contributed by atoms with Gasteiger partial charge in [0.1, 0.15) is 35.8 Å². The van der Waals surface area contributed by atoms with Gasteiger partial charge in [0.2, 0.25) is 11.4 Å². The zero-order valence-corrected chi connectivity index (χ0v) is 24.0. The largest absolute Gasteiger partial charge is 0.508 e. The Morgan fingerprint density at radius 3 is 2.60 bits per heavy atom. The number of methoxy groups -OCH3 is 2. The van der Waals surface area contributed by atoms with Crippen molar-refractivity contribution in [2.75, 3.05) is 26.1 Å². The van der Waals surface area contributed by atoms with E-state index in [1.807, 2.05) is 12.1 Å². The van der Waals surface area contributed by atoms with Gasteiger partial charge in [-0.3, -0.25) is 0 Å². The molecule has 5 aliphatic heterocycles. The molecule has 5 aliphatic rings. The van der Waals surface area contributed by atoms with Crippen molar-refractivity contribution < 1.29 is 58.7 Å². The van der Waals surface area contributed by atoms with Gasteiger partial charge in [0.25, 0.3) is 5.79 Å². The van der Waals surface area contributed by atoms with Crippen molar-refractivity contribution in [1.29, 1.82) is 0 Å². The lowest BCUT2D eigenvalue weighted by atomic mass is 9.76. The van der Waals surface area contributed by atoms with Gasteiger partial charge in [0, 0.05) is 11.1 Å². The van der Waals surface area contributed by atoms with Crippen LogP contribution >= 0.6 is 0 Å². The molecule has 5 heterocycles. The molecule has 8 rings (SSSR count). The van der Waals surface area contributed by atoms with Crippen molar-refractivity contribution in [2.24, 2.45) is 0 Å². The van der Waals surface area contributed by atoms with Crippen LogP contribution in [0.4, 0.5) is 5.69 Å². The number of aliphatic hydroxyl groups is 3. The van der Waals surface area contributed by atoms with E-state index in [1.165, 1.54) is 19.3 Å². The predicted octanol–water partition coefficient (Wildman–Crippen LogP) is 2.06. The third kappa shape index (κ3) is 3.54. The minimum absolute atomic E-state index is 0.0128. The highest BCUT2D eigenvalue weighted by Crippen LogP contribution is 2.62. The number of carboxylic acid groups (broad SMARTS) is 1. The van der Waals surface area contributed by atoms with E-state index in [9.17, 15) is 30.3 Å². The van der Waals surface area contributed by atoms with E-state index in [-0.39, 0.29) is 24.0 Å². The summed E-state index contributed by atoms with van der Waals surface area (Å²) in [4.78, 5) is 12.3. The molecule has 234 valence electrons. The first-order valence-electron chi connectivity index (χ1n) is 14.3. The third-order valence-electron chi connectivity index (χ3n) is 9.37. The van der Waals surface area contributed by atoms with Crippen LogP contribution in [0.3, 0.4) is 0 Å². The molecule has 13 heteroatoms. The van der Waals surface area contributed by atoms with Crippen molar-refractivity contribution in [3.05, 3.63) is 65.7 Å². The first kappa shape index (κ1) is 27.8. The number of benzene rings is 3. The van der Waals surface area contributed by atoms with Crippen LogP contribution in [0.2, 0.25) is 0 Å². The maximum atomic E-state index is 12.3. The second-order valence-corrected chi connectivity index (χ2v) is 11.7. The molecule has 13 nitrogen and oxygen atoms in total. The monoisotopic (exact) mass is 619 g/mol. The van der Waals surface area contributed by atoms with Gasteiger partial charge in [0.05, 0.1) is 26.7 Å². The zero-order chi connectivity index (χ0) is 31.4. The number of phenols is 1. The molecule has 6 N–H and O–H groups in total. The lowest BCUT2D eigenvalue weighted by molar-refractivity contribution is -0.356. The predicted molar refractivity (Wildman–Crippen MR) is 154 cm³/mol.